The number of nitrogens with one attached hydrogen (secondary N) is 2. The molecule has 5 heterocycles. The van der Waals surface area contributed by atoms with Crippen molar-refractivity contribution in [1.29, 1.82) is 0 Å². The average Bonchev–Trinajstić information content (AvgIpc) is 3.61. The van der Waals surface area contributed by atoms with Gasteiger partial charge in [-0.3, -0.25) is 9.98 Å². The van der Waals surface area contributed by atoms with Gasteiger partial charge in [-0.1, -0.05) is 27.7 Å². The summed E-state index contributed by atoms with van der Waals surface area (Å²) in [6.07, 6.45) is 16.9. The second-order valence-corrected chi connectivity index (χ2v) is 9.03. The van der Waals surface area contributed by atoms with Crippen molar-refractivity contribution in [3.05, 3.63) is 82.7 Å². The molecule has 4 heteroatoms. The second-order valence-electron chi connectivity index (χ2n) is 9.03. The summed E-state index contributed by atoms with van der Waals surface area (Å²) in [7, 11) is 0. The van der Waals surface area contributed by atoms with Crippen molar-refractivity contribution in [2.75, 3.05) is 0 Å². The van der Waals surface area contributed by atoms with Crippen LogP contribution in [0.1, 0.15) is 76.2 Å². The third kappa shape index (κ3) is 3.04. The maximum atomic E-state index is 5.07. The van der Waals surface area contributed by atoms with Gasteiger partial charge in [-0.2, -0.15) is 0 Å². The van der Waals surface area contributed by atoms with Crippen LogP contribution >= 0.6 is 0 Å². The first-order valence-electron chi connectivity index (χ1n) is 11.9. The molecule has 3 aliphatic rings. The fraction of sp³-hybridized carbons (Fsp3) is 0.357. The Hall–Kier alpha value is -3.14. The zero-order chi connectivity index (χ0) is 22.3. The predicted molar refractivity (Wildman–Crippen MR) is 135 cm³/mol. The zero-order valence-electron chi connectivity index (χ0n) is 19.5. The molecule has 0 amide bonds. The number of aromatic nitrogens is 2. The molecule has 0 fully saturated rings. The molecule has 2 N–H and O–H groups in total. The summed E-state index contributed by atoms with van der Waals surface area (Å²) in [5.74, 6) is 0. The first-order valence-corrected chi connectivity index (χ1v) is 11.9. The third-order valence-corrected chi connectivity index (χ3v) is 7.77. The molecular formula is C28H32N4. The van der Waals surface area contributed by atoms with Crippen LogP contribution in [0.2, 0.25) is 0 Å². The molecule has 4 nitrogen and oxygen atoms in total. The van der Waals surface area contributed by atoms with E-state index in [0.29, 0.717) is 0 Å². The summed E-state index contributed by atoms with van der Waals surface area (Å²) in [6.45, 7) is 9.01. The van der Waals surface area contributed by atoms with Crippen molar-refractivity contribution in [2.45, 2.75) is 64.2 Å². The van der Waals surface area contributed by atoms with Gasteiger partial charge >= 0.3 is 0 Å². The van der Waals surface area contributed by atoms with Crippen molar-refractivity contribution < 1.29 is 0 Å². The topological polar surface area (TPSA) is 56.3 Å². The third-order valence-electron chi connectivity index (χ3n) is 7.77. The Kier molecular flexibility index (Phi) is 5.04. The number of fused-ring (bicyclic) bond motifs is 6. The maximum Gasteiger partial charge on any atom is 0.0654 e. The van der Waals surface area contributed by atoms with Crippen LogP contribution in [0.4, 0.5) is 0 Å². The molecule has 5 rings (SSSR count). The number of allylic oxidation sites excluding steroid dienone is 4. The van der Waals surface area contributed by atoms with Crippen LogP contribution in [0.5, 0.6) is 0 Å². The summed E-state index contributed by atoms with van der Waals surface area (Å²) in [6, 6.07) is 8.78. The van der Waals surface area contributed by atoms with E-state index >= 15 is 0 Å². The average molecular weight is 425 g/mol. The number of H-pyrrole nitrogens is 2. The summed E-state index contributed by atoms with van der Waals surface area (Å²) < 4.78 is 0. The van der Waals surface area contributed by atoms with Gasteiger partial charge in [0.15, 0.2) is 0 Å². The van der Waals surface area contributed by atoms with Crippen LogP contribution in [-0.2, 0) is 10.8 Å². The van der Waals surface area contributed by atoms with Gasteiger partial charge < -0.3 is 9.97 Å². The van der Waals surface area contributed by atoms with Gasteiger partial charge in [0.1, 0.15) is 0 Å². The highest BCUT2D eigenvalue weighted by atomic mass is 14.9. The second kappa shape index (κ2) is 7.77. The minimum Gasteiger partial charge on any atom is -0.358 e. The van der Waals surface area contributed by atoms with E-state index in [2.05, 4.69) is 98.4 Å². The molecule has 0 saturated carbocycles. The largest absolute Gasteiger partial charge is 0.358 e. The standard InChI is InChI=1S/C28H32N4/c1-5-27(6-2)23-13-9-19(29-23)17-21-11-15-25(31-21)28(7-3,8-4)26-16-12-22(32-26)18-20-10-14-24(27)30-20/h9-18,29,32H,5-8H2,1-4H3/b20-18-,21-17-. The van der Waals surface area contributed by atoms with E-state index in [4.69, 9.17) is 9.98 Å². The Bertz CT molecular complexity index is 1120. The number of nitrogens with zero attached hydrogens (tertiary/aromatic N) is 2. The van der Waals surface area contributed by atoms with E-state index in [1.807, 2.05) is 0 Å². The summed E-state index contributed by atoms with van der Waals surface area (Å²) in [5.41, 5.74) is 8.61. The van der Waals surface area contributed by atoms with Crippen LogP contribution in [0.3, 0.4) is 0 Å². The lowest BCUT2D eigenvalue weighted by Gasteiger charge is -2.30. The smallest absolute Gasteiger partial charge is 0.0654 e. The summed E-state index contributed by atoms with van der Waals surface area (Å²) in [4.78, 5) is 17.5. The molecule has 0 saturated heterocycles. The number of aromatic amines is 2. The SMILES string of the molecule is CCC1(CC)C2=N/C(=C\c3ccc([nH]3)C(CC)(CC)C3=N/C(=C\c4ccc1[nH]4)C=C3)C=C2. The molecule has 2 aromatic rings. The van der Waals surface area contributed by atoms with E-state index in [1.54, 1.807) is 0 Å². The number of hydrogen-bond acceptors (Lipinski definition) is 2. The van der Waals surface area contributed by atoms with E-state index in [1.165, 1.54) is 11.4 Å². The van der Waals surface area contributed by atoms with Gasteiger partial charge in [0.25, 0.3) is 0 Å². The Morgan fingerprint density at radius 1 is 0.594 bits per heavy atom. The highest BCUT2D eigenvalue weighted by molar-refractivity contribution is 6.07. The lowest BCUT2D eigenvalue weighted by atomic mass is 9.75. The lowest BCUT2D eigenvalue weighted by molar-refractivity contribution is 0.523. The summed E-state index contributed by atoms with van der Waals surface area (Å²) >= 11 is 0. The fourth-order valence-corrected chi connectivity index (χ4v) is 5.58. The normalized spacial score (nSPS) is 23.4. The molecule has 2 aromatic heterocycles. The van der Waals surface area contributed by atoms with Crippen molar-refractivity contribution >= 4 is 23.6 Å². The molecule has 0 unspecified atom stereocenters. The van der Waals surface area contributed by atoms with Crippen molar-refractivity contribution in [3.63, 3.8) is 0 Å². The van der Waals surface area contributed by atoms with Gasteiger partial charge in [-0.05, 0) is 86.4 Å². The van der Waals surface area contributed by atoms with Crippen molar-refractivity contribution in [3.8, 4) is 0 Å². The Labute approximate surface area is 190 Å². The van der Waals surface area contributed by atoms with Crippen LogP contribution in [0, 0.1) is 0 Å². The molecule has 0 aromatic carbocycles. The number of rotatable bonds is 4. The van der Waals surface area contributed by atoms with Gasteiger partial charge in [-0.15, -0.1) is 0 Å². The molecule has 164 valence electrons. The quantitative estimate of drug-likeness (QED) is 0.538. The lowest BCUT2D eigenvalue weighted by Crippen LogP contribution is -2.33. The van der Waals surface area contributed by atoms with Crippen LogP contribution in [0.25, 0.3) is 12.2 Å². The minimum atomic E-state index is -0.125. The van der Waals surface area contributed by atoms with Crippen molar-refractivity contribution in [1.82, 2.24) is 9.97 Å². The van der Waals surface area contributed by atoms with Crippen LogP contribution in [0.15, 0.2) is 69.9 Å². The molecule has 0 spiro atoms. The first kappa shape index (κ1) is 20.7. The molecule has 32 heavy (non-hydrogen) atoms. The number of hydrogen-bond donors (Lipinski definition) is 2. The van der Waals surface area contributed by atoms with Crippen molar-refractivity contribution in [2.24, 2.45) is 9.98 Å². The van der Waals surface area contributed by atoms with Gasteiger partial charge in [0, 0.05) is 22.8 Å². The molecular weight excluding hydrogens is 392 g/mol. The molecule has 3 aliphatic heterocycles. The highest BCUT2D eigenvalue weighted by Gasteiger charge is 2.37. The Morgan fingerprint density at radius 2 is 1.00 bits per heavy atom. The highest BCUT2D eigenvalue weighted by Crippen LogP contribution is 2.39. The van der Waals surface area contributed by atoms with Crippen LogP contribution < -0.4 is 0 Å². The van der Waals surface area contributed by atoms with E-state index in [9.17, 15) is 0 Å². The first-order chi connectivity index (χ1) is 15.6. The monoisotopic (exact) mass is 424 g/mol. The van der Waals surface area contributed by atoms with E-state index in [0.717, 1.165) is 59.9 Å². The zero-order valence-corrected chi connectivity index (χ0v) is 19.5. The van der Waals surface area contributed by atoms with Gasteiger partial charge in [0.2, 0.25) is 0 Å². The van der Waals surface area contributed by atoms with Gasteiger partial charge in [-0.25, -0.2) is 0 Å². The van der Waals surface area contributed by atoms with Gasteiger partial charge in [0.05, 0.1) is 33.6 Å². The van der Waals surface area contributed by atoms with E-state index < -0.39 is 0 Å². The maximum absolute atomic E-state index is 5.07. The molecule has 0 aliphatic carbocycles. The molecule has 0 atom stereocenters. The Morgan fingerprint density at radius 3 is 1.38 bits per heavy atom. The Balaban J connectivity index is 1.73. The fourth-order valence-electron chi connectivity index (χ4n) is 5.58. The minimum absolute atomic E-state index is 0.125. The predicted octanol–water partition coefficient (Wildman–Crippen LogP) is 6.88. The molecule has 0 radical (unpaired) electrons. The summed E-state index contributed by atoms with van der Waals surface area (Å²) in [5, 5.41) is 0. The number of aliphatic imine (C=N–C) groups is 2. The van der Waals surface area contributed by atoms with E-state index in [-0.39, 0.29) is 10.8 Å². The molecule has 8 bridgehead atoms. The van der Waals surface area contributed by atoms with Crippen LogP contribution in [-0.4, -0.2) is 21.4 Å².